The molecule has 1 fully saturated rings. The van der Waals surface area contributed by atoms with Gasteiger partial charge >= 0.3 is 0 Å². The highest BCUT2D eigenvalue weighted by Crippen LogP contribution is 2.22. The van der Waals surface area contributed by atoms with Crippen molar-refractivity contribution in [2.75, 3.05) is 6.61 Å². The lowest BCUT2D eigenvalue weighted by molar-refractivity contribution is -0.122. The van der Waals surface area contributed by atoms with Gasteiger partial charge in [-0.25, -0.2) is 0 Å². The molecular weight excluding hydrogens is 302 g/mol. The van der Waals surface area contributed by atoms with Crippen LogP contribution in [0.15, 0.2) is 36.7 Å². The molecule has 24 heavy (non-hydrogen) atoms. The molecule has 5 nitrogen and oxygen atoms in total. The molecule has 0 radical (unpaired) electrons. The molecule has 1 amide bonds. The van der Waals surface area contributed by atoms with Gasteiger partial charge in [-0.2, -0.15) is 5.10 Å². The zero-order chi connectivity index (χ0) is 16.8. The molecule has 5 heteroatoms. The van der Waals surface area contributed by atoms with Crippen LogP contribution in [0, 0.1) is 0 Å². The van der Waals surface area contributed by atoms with Gasteiger partial charge < -0.3 is 10.1 Å². The zero-order valence-electron chi connectivity index (χ0n) is 14.2. The summed E-state index contributed by atoms with van der Waals surface area (Å²) in [5, 5.41) is 7.28. The molecule has 1 N–H and O–H groups in total. The first kappa shape index (κ1) is 16.6. The van der Waals surface area contributed by atoms with Crippen molar-refractivity contribution in [2.45, 2.75) is 44.6 Å². The Labute approximate surface area is 143 Å². The molecule has 0 spiro atoms. The molecule has 1 aliphatic rings. The molecule has 1 heterocycles. The van der Waals surface area contributed by atoms with Gasteiger partial charge in [-0.3, -0.25) is 9.48 Å². The number of carbonyl (C=O) groups excluding carboxylic acids is 1. The normalized spacial score (nSPS) is 14.7. The Hall–Kier alpha value is -2.30. The van der Waals surface area contributed by atoms with Gasteiger partial charge in [0.2, 0.25) is 5.91 Å². The first-order valence-electron chi connectivity index (χ1n) is 8.72. The summed E-state index contributed by atoms with van der Waals surface area (Å²) in [6, 6.07) is 8.37. The van der Waals surface area contributed by atoms with E-state index in [9.17, 15) is 4.79 Å². The van der Waals surface area contributed by atoms with Crippen LogP contribution in [0.5, 0.6) is 5.75 Å². The summed E-state index contributed by atoms with van der Waals surface area (Å²) in [7, 11) is 1.91. The molecular formula is C19H25N3O2. The lowest BCUT2D eigenvalue weighted by Crippen LogP contribution is -2.32. The second-order valence-corrected chi connectivity index (χ2v) is 6.43. The predicted octanol–water partition coefficient (Wildman–Crippen LogP) is 3.30. The average molecular weight is 327 g/mol. The van der Waals surface area contributed by atoms with Gasteiger partial charge in [0.1, 0.15) is 5.75 Å². The second kappa shape index (κ2) is 7.99. The van der Waals surface area contributed by atoms with Gasteiger partial charge in [0.05, 0.1) is 12.8 Å². The number of hydrogen-bond acceptors (Lipinski definition) is 3. The van der Waals surface area contributed by atoms with Crippen molar-refractivity contribution in [1.82, 2.24) is 15.1 Å². The minimum atomic E-state index is 0.150. The van der Waals surface area contributed by atoms with E-state index in [1.807, 2.05) is 43.7 Å². The highest BCUT2D eigenvalue weighted by Gasteiger charge is 2.16. The maximum Gasteiger partial charge on any atom is 0.220 e. The molecule has 1 aliphatic carbocycles. The summed E-state index contributed by atoms with van der Waals surface area (Å²) in [4.78, 5) is 11.8. The summed E-state index contributed by atoms with van der Waals surface area (Å²) in [6.07, 6.45) is 9.84. The molecule has 0 aliphatic heterocycles. The fourth-order valence-corrected chi connectivity index (χ4v) is 3.11. The van der Waals surface area contributed by atoms with Crippen molar-refractivity contribution in [1.29, 1.82) is 0 Å². The van der Waals surface area contributed by atoms with Crippen LogP contribution in [0.2, 0.25) is 0 Å². The largest absolute Gasteiger partial charge is 0.494 e. The van der Waals surface area contributed by atoms with Crippen molar-refractivity contribution >= 4 is 5.91 Å². The van der Waals surface area contributed by atoms with Gasteiger partial charge in [-0.1, -0.05) is 25.0 Å². The monoisotopic (exact) mass is 327 g/mol. The van der Waals surface area contributed by atoms with Crippen LogP contribution in [0.4, 0.5) is 0 Å². The molecule has 1 aromatic heterocycles. The van der Waals surface area contributed by atoms with Crippen LogP contribution in [0.25, 0.3) is 11.1 Å². The number of hydrogen-bond donors (Lipinski definition) is 1. The second-order valence-electron chi connectivity index (χ2n) is 6.43. The molecule has 0 bridgehead atoms. The quantitative estimate of drug-likeness (QED) is 0.794. The third-order valence-electron chi connectivity index (χ3n) is 4.43. The molecule has 0 saturated heterocycles. The molecule has 1 aromatic carbocycles. The van der Waals surface area contributed by atoms with Crippen molar-refractivity contribution in [3.63, 3.8) is 0 Å². The zero-order valence-corrected chi connectivity index (χ0v) is 14.2. The minimum Gasteiger partial charge on any atom is -0.494 e. The molecule has 1 saturated carbocycles. The maximum absolute atomic E-state index is 11.8. The summed E-state index contributed by atoms with van der Waals surface area (Å²) in [5.74, 6) is 0.983. The third kappa shape index (κ3) is 4.60. The topological polar surface area (TPSA) is 56.1 Å². The van der Waals surface area contributed by atoms with E-state index in [0.717, 1.165) is 36.1 Å². The van der Waals surface area contributed by atoms with E-state index in [-0.39, 0.29) is 5.91 Å². The minimum absolute atomic E-state index is 0.150. The van der Waals surface area contributed by atoms with E-state index in [0.29, 0.717) is 19.1 Å². The van der Waals surface area contributed by atoms with Crippen LogP contribution in [-0.2, 0) is 11.8 Å². The van der Waals surface area contributed by atoms with Crippen molar-refractivity contribution in [3.05, 3.63) is 36.7 Å². The fourth-order valence-electron chi connectivity index (χ4n) is 3.11. The van der Waals surface area contributed by atoms with Gasteiger partial charge in [0.25, 0.3) is 0 Å². The molecule has 2 aromatic rings. The number of aromatic nitrogens is 2. The first-order chi connectivity index (χ1) is 11.7. The summed E-state index contributed by atoms with van der Waals surface area (Å²) in [6.45, 7) is 0.560. The number of benzene rings is 1. The average Bonchev–Trinajstić information content (AvgIpc) is 3.24. The van der Waals surface area contributed by atoms with Crippen LogP contribution in [-0.4, -0.2) is 28.3 Å². The smallest absolute Gasteiger partial charge is 0.220 e. The predicted molar refractivity (Wildman–Crippen MR) is 93.8 cm³/mol. The fraction of sp³-hybridized carbons (Fsp3) is 0.474. The number of amides is 1. The van der Waals surface area contributed by atoms with Crippen molar-refractivity contribution in [3.8, 4) is 16.9 Å². The number of nitrogens with one attached hydrogen (secondary N) is 1. The summed E-state index contributed by atoms with van der Waals surface area (Å²) < 4.78 is 7.51. The third-order valence-corrected chi connectivity index (χ3v) is 4.43. The highest BCUT2D eigenvalue weighted by atomic mass is 16.5. The van der Waals surface area contributed by atoms with Gasteiger partial charge in [0.15, 0.2) is 0 Å². The van der Waals surface area contributed by atoms with Gasteiger partial charge in [-0.05, 0) is 37.0 Å². The van der Waals surface area contributed by atoms with Gasteiger partial charge in [0, 0.05) is 31.3 Å². The Morgan fingerprint density at radius 2 is 2.00 bits per heavy atom. The molecule has 128 valence electrons. The Morgan fingerprint density at radius 3 is 2.67 bits per heavy atom. The van der Waals surface area contributed by atoms with E-state index in [1.54, 1.807) is 4.68 Å². The lowest BCUT2D eigenvalue weighted by Gasteiger charge is -2.12. The Morgan fingerprint density at radius 1 is 1.25 bits per heavy atom. The summed E-state index contributed by atoms with van der Waals surface area (Å²) >= 11 is 0. The highest BCUT2D eigenvalue weighted by molar-refractivity contribution is 5.76. The molecule has 0 unspecified atom stereocenters. The SMILES string of the molecule is Cn1cc(-c2ccc(OCCCC(=O)NC3CCCC3)cc2)cn1. The standard InChI is InChI=1S/C19H25N3O2/c1-22-14-16(13-20-22)15-8-10-18(11-9-15)24-12-4-7-19(23)21-17-5-2-3-6-17/h8-11,13-14,17H,2-7,12H2,1H3,(H,21,23). The van der Waals surface area contributed by atoms with Crippen LogP contribution < -0.4 is 10.1 Å². The van der Waals surface area contributed by atoms with E-state index in [4.69, 9.17) is 4.74 Å². The molecule has 3 rings (SSSR count). The number of ether oxygens (including phenoxy) is 1. The van der Waals surface area contributed by atoms with E-state index in [2.05, 4.69) is 10.4 Å². The summed E-state index contributed by atoms with van der Waals surface area (Å²) in [5.41, 5.74) is 2.21. The Bertz CT molecular complexity index is 658. The lowest BCUT2D eigenvalue weighted by atomic mass is 10.1. The van der Waals surface area contributed by atoms with Crippen LogP contribution in [0.3, 0.4) is 0 Å². The molecule has 0 atom stereocenters. The Kier molecular flexibility index (Phi) is 5.51. The number of aryl methyl sites for hydroxylation is 1. The van der Waals surface area contributed by atoms with Crippen molar-refractivity contribution < 1.29 is 9.53 Å². The Balaban J connectivity index is 1.38. The number of carbonyl (C=O) groups is 1. The van der Waals surface area contributed by atoms with Crippen LogP contribution in [0.1, 0.15) is 38.5 Å². The number of rotatable bonds is 7. The maximum atomic E-state index is 11.8. The van der Waals surface area contributed by atoms with E-state index >= 15 is 0 Å². The van der Waals surface area contributed by atoms with E-state index < -0.39 is 0 Å². The van der Waals surface area contributed by atoms with Crippen LogP contribution >= 0.6 is 0 Å². The first-order valence-corrected chi connectivity index (χ1v) is 8.72. The van der Waals surface area contributed by atoms with Crippen molar-refractivity contribution in [2.24, 2.45) is 7.05 Å². The van der Waals surface area contributed by atoms with Gasteiger partial charge in [-0.15, -0.1) is 0 Å². The number of nitrogens with zero attached hydrogens (tertiary/aromatic N) is 2. The van der Waals surface area contributed by atoms with E-state index in [1.165, 1.54) is 12.8 Å².